The molecule has 1 aliphatic rings. The molecule has 33 heavy (non-hydrogen) atoms. The van der Waals surface area contributed by atoms with Gasteiger partial charge in [-0.25, -0.2) is 9.29 Å². The van der Waals surface area contributed by atoms with Crippen molar-refractivity contribution >= 4 is 23.4 Å². The summed E-state index contributed by atoms with van der Waals surface area (Å²) in [5.41, 5.74) is 2.33. The molecule has 0 saturated carbocycles. The fourth-order valence-corrected chi connectivity index (χ4v) is 3.82. The van der Waals surface area contributed by atoms with Crippen molar-refractivity contribution in [2.75, 3.05) is 4.90 Å². The van der Waals surface area contributed by atoms with Gasteiger partial charge in [-0.05, 0) is 48.9 Å². The number of rotatable bonds is 5. The Hall–Kier alpha value is -4.31. The molecule has 1 unspecified atom stereocenters. The molecule has 1 saturated heterocycles. The molecule has 6 nitrogen and oxygen atoms in total. The molecule has 3 aromatic rings. The minimum Gasteiger partial charge on any atom is -0.322 e. The molecule has 0 N–H and O–H groups in total. The van der Waals surface area contributed by atoms with Crippen LogP contribution < -0.4 is 4.90 Å². The Bertz CT molecular complexity index is 1260. The average molecular weight is 441 g/mol. The summed E-state index contributed by atoms with van der Waals surface area (Å²) >= 11 is 0. The van der Waals surface area contributed by atoms with Crippen LogP contribution in [0.3, 0.4) is 0 Å². The highest BCUT2D eigenvalue weighted by molar-refractivity contribution is 6.23. The fourth-order valence-electron chi connectivity index (χ4n) is 3.82. The zero-order chi connectivity index (χ0) is 23.5. The first-order valence-electron chi connectivity index (χ1n) is 10.4. The Balaban J connectivity index is 1.70. The van der Waals surface area contributed by atoms with E-state index in [-0.39, 0.29) is 18.5 Å². The molecule has 0 aromatic heterocycles. The van der Waals surface area contributed by atoms with Crippen LogP contribution in [0.25, 0.3) is 0 Å². The molecule has 7 heteroatoms. The van der Waals surface area contributed by atoms with Crippen LogP contribution in [0.1, 0.15) is 33.5 Å². The van der Waals surface area contributed by atoms with Gasteiger partial charge in [0.2, 0.25) is 5.91 Å². The minimum atomic E-state index is -1.08. The number of carbonyl (C=O) groups excluding carboxylic acids is 3. The van der Waals surface area contributed by atoms with Gasteiger partial charge in [0.05, 0.1) is 29.3 Å². The lowest BCUT2D eigenvalue weighted by Gasteiger charge is -2.28. The van der Waals surface area contributed by atoms with Gasteiger partial charge >= 0.3 is 0 Å². The van der Waals surface area contributed by atoms with Gasteiger partial charge in [0.25, 0.3) is 11.8 Å². The van der Waals surface area contributed by atoms with E-state index in [1.54, 1.807) is 6.07 Å². The van der Waals surface area contributed by atoms with Gasteiger partial charge in [0.15, 0.2) is 0 Å². The minimum absolute atomic E-state index is 0.0400. The Labute approximate surface area is 190 Å². The molecule has 3 amide bonds. The van der Waals surface area contributed by atoms with E-state index in [4.69, 9.17) is 5.26 Å². The lowest BCUT2D eigenvalue weighted by Crippen LogP contribution is -2.45. The van der Waals surface area contributed by atoms with E-state index in [0.29, 0.717) is 11.3 Å². The quantitative estimate of drug-likeness (QED) is 0.561. The molecule has 0 aliphatic carbocycles. The van der Waals surface area contributed by atoms with Gasteiger partial charge < -0.3 is 4.90 Å². The third-order valence-electron chi connectivity index (χ3n) is 5.59. The summed E-state index contributed by atoms with van der Waals surface area (Å²) in [4.78, 5) is 41.8. The first-order valence-corrected chi connectivity index (χ1v) is 10.4. The van der Waals surface area contributed by atoms with Crippen LogP contribution in [0.5, 0.6) is 0 Å². The second-order valence-corrected chi connectivity index (χ2v) is 7.84. The van der Waals surface area contributed by atoms with Crippen molar-refractivity contribution in [3.8, 4) is 6.07 Å². The van der Waals surface area contributed by atoms with Crippen LogP contribution in [0.4, 0.5) is 10.1 Å². The summed E-state index contributed by atoms with van der Waals surface area (Å²) in [7, 11) is 0. The van der Waals surface area contributed by atoms with E-state index in [2.05, 4.69) is 0 Å². The van der Waals surface area contributed by atoms with Gasteiger partial charge in [0, 0.05) is 6.54 Å². The molecule has 1 heterocycles. The second kappa shape index (κ2) is 9.05. The zero-order valence-electron chi connectivity index (χ0n) is 17.9. The first kappa shape index (κ1) is 21.9. The van der Waals surface area contributed by atoms with Crippen molar-refractivity contribution < 1.29 is 18.8 Å². The van der Waals surface area contributed by atoms with Crippen molar-refractivity contribution in [1.82, 2.24) is 4.90 Å². The fraction of sp³-hybridized carbons (Fsp3) is 0.154. The van der Waals surface area contributed by atoms with Crippen molar-refractivity contribution in [1.29, 1.82) is 5.26 Å². The Morgan fingerprint density at radius 1 is 1.06 bits per heavy atom. The van der Waals surface area contributed by atoms with Crippen LogP contribution in [-0.4, -0.2) is 28.7 Å². The summed E-state index contributed by atoms with van der Waals surface area (Å²) in [6.45, 7) is 1.97. The second-order valence-electron chi connectivity index (χ2n) is 7.84. The Morgan fingerprint density at radius 2 is 1.73 bits per heavy atom. The molecule has 4 rings (SSSR count). The first-order chi connectivity index (χ1) is 15.9. The maximum atomic E-state index is 14.4. The van der Waals surface area contributed by atoms with Crippen LogP contribution >= 0.6 is 0 Å². The number of halogens is 1. The largest absolute Gasteiger partial charge is 0.322 e. The van der Waals surface area contributed by atoms with Crippen LogP contribution in [0.2, 0.25) is 0 Å². The topological polar surface area (TPSA) is 81.5 Å². The monoisotopic (exact) mass is 441 g/mol. The van der Waals surface area contributed by atoms with Crippen molar-refractivity contribution in [2.24, 2.45) is 0 Å². The summed E-state index contributed by atoms with van der Waals surface area (Å²) in [5, 5.41) is 8.99. The molecule has 0 spiro atoms. The average Bonchev–Trinajstić information content (AvgIpc) is 3.12. The maximum absolute atomic E-state index is 14.4. The molecule has 1 aliphatic heterocycles. The number of amides is 3. The summed E-state index contributed by atoms with van der Waals surface area (Å²) in [6, 6.07) is 19.9. The third kappa shape index (κ3) is 4.37. The van der Waals surface area contributed by atoms with Gasteiger partial charge in [0.1, 0.15) is 11.9 Å². The molecular formula is C26H20FN3O3. The van der Waals surface area contributed by atoms with Crippen LogP contribution in [-0.2, 0) is 16.1 Å². The number of anilines is 1. The summed E-state index contributed by atoms with van der Waals surface area (Å²) < 4.78 is 14.4. The van der Waals surface area contributed by atoms with E-state index in [0.717, 1.165) is 16.0 Å². The van der Waals surface area contributed by atoms with Gasteiger partial charge in [-0.1, -0.05) is 42.0 Å². The molecule has 0 radical (unpaired) electrons. The predicted molar refractivity (Wildman–Crippen MR) is 120 cm³/mol. The van der Waals surface area contributed by atoms with E-state index in [1.165, 1.54) is 47.4 Å². The number of nitriles is 1. The predicted octanol–water partition coefficient (Wildman–Crippen LogP) is 3.98. The molecule has 1 fully saturated rings. The highest BCUT2D eigenvalue weighted by Gasteiger charge is 2.44. The van der Waals surface area contributed by atoms with Gasteiger partial charge in [-0.15, -0.1) is 0 Å². The van der Waals surface area contributed by atoms with Crippen molar-refractivity contribution in [2.45, 2.75) is 25.9 Å². The number of benzene rings is 3. The molecular weight excluding hydrogens is 421 g/mol. The van der Waals surface area contributed by atoms with Crippen molar-refractivity contribution in [3.05, 3.63) is 101 Å². The number of hydrogen-bond acceptors (Lipinski definition) is 4. The SMILES string of the molecule is Cc1ccc(CN(C(=O)c2ccccc2F)C2CC(=O)N(c3ccc(C#N)cc3)C2=O)cc1. The number of imide groups is 1. The summed E-state index contributed by atoms with van der Waals surface area (Å²) in [6.07, 6.45) is -0.217. The third-order valence-corrected chi connectivity index (χ3v) is 5.59. The van der Waals surface area contributed by atoms with E-state index >= 15 is 0 Å². The highest BCUT2D eigenvalue weighted by Crippen LogP contribution is 2.28. The number of nitrogens with zero attached hydrogens (tertiary/aromatic N) is 3. The lowest BCUT2D eigenvalue weighted by molar-refractivity contribution is -0.122. The number of aryl methyl sites for hydroxylation is 1. The standard InChI is InChI=1S/C26H20FN3O3/c1-17-6-8-19(9-7-17)16-29(25(32)21-4-2-3-5-22(21)27)23-14-24(31)30(26(23)33)20-12-10-18(15-28)11-13-20/h2-13,23H,14,16H2,1H3. The maximum Gasteiger partial charge on any atom is 0.257 e. The smallest absolute Gasteiger partial charge is 0.257 e. The van der Waals surface area contributed by atoms with E-state index < -0.39 is 29.6 Å². The molecule has 3 aromatic carbocycles. The number of carbonyl (C=O) groups is 3. The number of hydrogen-bond donors (Lipinski definition) is 0. The van der Waals surface area contributed by atoms with E-state index in [1.807, 2.05) is 37.3 Å². The highest BCUT2D eigenvalue weighted by atomic mass is 19.1. The lowest BCUT2D eigenvalue weighted by atomic mass is 10.1. The van der Waals surface area contributed by atoms with Gasteiger partial charge in [-0.3, -0.25) is 14.4 Å². The van der Waals surface area contributed by atoms with Crippen molar-refractivity contribution in [3.63, 3.8) is 0 Å². The van der Waals surface area contributed by atoms with Crippen LogP contribution in [0, 0.1) is 24.1 Å². The Morgan fingerprint density at radius 3 is 2.36 bits per heavy atom. The van der Waals surface area contributed by atoms with Crippen LogP contribution in [0.15, 0.2) is 72.8 Å². The zero-order valence-corrected chi connectivity index (χ0v) is 17.9. The van der Waals surface area contributed by atoms with Gasteiger partial charge in [-0.2, -0.15) is 5.26 Å². The molecule has 0 bridgehead atoms. The van der Waals surface area contributed by atoms with E-state index in [9.17, 15) is 18.8 Å². The molecule has 1 atom stereocenters. The normalized spacial score (nSPS) is 15.4. The summed E-state index contributed by atoms with van der Waals surface area (Å²) in [5.74, 6) is -2.40. The molecule has 164 valence electrons. The Kier molecular flexibility index (Phi) is 6.01.